The normalized spacial score (nSPS) is 11.3. The van der Waals surface area contributed by atoms with E-state index in [-0.39, 0.29) is 58.9 Å². The monoisotopic (exact) mass is 1270 g/mol. The van der Waals surface area contributed by atoms with Crippen molar-refractivity contribution < 1.29 is 76.3 Å². The smallest absolute Gasteiger partial charge is 0.411 e. The van der Waals surface area contributed by atoms with Crippen molar-refractivity contribution in [1.29, 1.82) is 0 Å². The first-order chi connectivity index (χ1) is 43.2. The molecule has 21 heteroatoms. The molecule has 492 valence electrons. The van der Waals surface area contributed by atoms with Crippen molar-refractivity contribution >= 4 is 94.9 Å². The quantitative estimate of drug-likeness (QED) is 0.0268. The Morgan fingerprint density at radius 1 is 0.315 bits per heavy atom. The molecule has 0 aliphatic heterocycles. The first-order valence-electron chi connectivity index (χ1n) is 29.9. The molecule has 0 spiro atoms. The Bertz CT molecular complexity index is 3220. The van der Waals surface area contributed by atoms with E-state index in [1.807, 2.05) is 38.1 Å². The van der Waals surface area contributed by atoms with Gasteiger partial charge in [-0.3, -0.25) is 40.4 Å². The van der Waals surface area contributed by atoms with Crippen LogP contribution in [0.25, 0.3) is 18.2 Å². The van der Waals surface area contributed by atoms with Gasteiger partial charge in [-0.1, -0.05) is 60.7 Å². The van der Waals surface area contributed by atoms with E-state index >= 15 is 0 Å². The van der Waals surface area contributed by atoms with Gasteiger partial charge in [0, 0.05) is 51.2 Å². The lowest BCUT2D eigenvalue weighted by Crippen LogP contribution is -2.26. The molecule has 4 amide bonds. The lowest BCUT2D eigenvalue weighted by atomic mass is 9.97. The number of rotatable bonds is 25. The van der Waals surface area contributed by atoms with Crippen LogP contribution in [0.4, 0.5) is 47.6 Å². The number of carbonyl (C=O) groups excluding carboxylic acids is 8. The summed E-state index contributed by atoms with van der Waals surface area (Å²) in [5.41, 5.74) is 4.42. The van der Waals surface area contributed by atoms with Gasteiger partial charge in [-0.2, -0.15) is 0 Å². The Morgan fingerprint density at radius 2 is 0.533 bits per heavy atom. The van der Waals surface area contributed by atoms with Gasteiger partial charge in [0.25, 0.3) is 0 Å². The highest BCUT2D eigenvalue weighted by atomic mass is 16.6. The number of esters is 4. The van der Waals surface area contributed by atoms with Crippen LogP contribution in [-0.4, -0.2) is 93.9 Å². The van der Waals surface area contributed by atoms with Crippen molar-refractivity contribution in [2.24, 2.45) is 21.7 Å². The van der Waals surface area contributed by atoms with Gasteiger partial charge >= 0.3 is 48.3 Å². The maximum Gasteiger partial charge on any atom is 0.411 e. The Labute approximate surface area is 539 Å². The minimum atomic E-state index is -0.830. The van der Waals surface area contributed by atoms with E-state index in [0.717, 1.165) is 11.3 Å². The molecule has 5 aromatic rings. The average molecular weight is 1270 g/mol. The summed E-state index contributed by atoms with van der Waals surface area (Å²) in [6, 6.07) is 34.6. The predicted molar refractivity (Wildman–Crippen MR) is 354 cm³/mol. The van der Waals surface area contributed by atoms with Crippen LogP contribution in [0.3, 0.4) is 0 Å². The summed E-state index contributed by atoms with van der Waals surface area (Å²) in [4.78, 5) is 102. The summed E-state index contributed by atoms with van der Waals surface area (Å²) >= 11 is 0. The van der Waals surface area contributed by atoms with Crippen LogP contribution in [0, 0.1) is 21.7 Å². The Kier molecular flexibility index (Phi) is 26.7. The molecule has 5 N–H and O–H groups in total. The molecule has 0 bridgehead atoms. The fourth-order valence-corrected chi connectivity index (χ4v) is 7.51. The third-order valence-corrected chi connectivity index (χ3v) is 12.7. The Balaban J connectivity index is 1.23. The molecule has 0 radical (unpaired) electrons. The summed E-state index contributed by atoms with van der Waals surface area (Å²) < 4.78 is 44.2. The zero-order valence-corrected chi connectivity index (χ0v) is 55.0. The van der Waals surface area contributed by atoms with Crippen molar-refractivity contribution in [3.8, 4) is 0 Å². The van der Waals surface area contributed by atoms with E-state index in [2.05, 4.69) is 26.6 Å². The summed E-state index contributed by atoms with van der Waals surface area (Å²) in [7, 11) is 0. The molecule has 0 saturated heterocycles. The number of anilines is 5. The van der Waals surface area contributed by atoms with E-state index in [1.54, 1.807) is 198 Å². The Hall–Kier alpha value is -9.92. The van der Waals surface area contributed by atoms with Crippen molar-refractivity contribution in [1.82, 2.24) is 0 Å². The van der Waals surface area contributed by atoms with Gasteiger partial charge in [0.05, 0.1) is 21.7 Å². The largest absolute Gasteiger partial charge is 0.461 e. The molecule has 0 saturated carbocycles. The highest BCUT2D eigenvalue weighted by molar-refractivity contribution is 5.87. The van der Waals surface area contributed by atoms with Gasteiger partial charge in [0.1, 0.15) is 52.9 Å². The maximum atomic E-state index is 13.3. The SMILES string of the molecule is CC(C)Nc1ccc(COC(=O)Nc2ccc(COC(=O)Nc3ccc(C=C(COC(=O)Nc4ccc(C=C(COC(=O)C(C)(C)C)COC(=O)C(C)(C)C)cc4)COC(=O)Nc4ccc(C=C(COC(=O)C(C)(C)C)COC(=O)C(C)(C)C)cc4)cc3)cc2)cc1. The fourth-order valence-electron chi connectivity index (χ4n) is 7.51. The van der Waals surface area contributed by atoms with Gasteiger partial charge in [-0.15, -0.1) is 0 Å². The van der Waals surface area contributed by atoms with Crippen LogP contribution < -0.4 is 26.6 Å². The predicted octanol–water partition coefficient (Wildman–Crippen LogP) is 15.0. The lowest BCUT2D eigenvalue weighted by Gasteiger charge is -2.20. The molecule has 21 nitrogen and oxygen atoms in total. The van der Waals surface area contributed by atoms with E-state index in [4.69, 9.17) is 37.9 Å². The topological polar surface area (TPSA) is 271 Å². The second-order valence-electron chi connectivity index (χ2n) is 26.1. The zero-order chi connectivity index (χ0) is 67.8. The third-order valence-electron chi connectivity index (χ3n) is 12.7. The van der Waals surface area contributed by atoms with Crippen molar-refractivity contribution in [3.63, 3.8) is 0 Å². The van der Waals surface area contributed by atoms with Gasteiger partial charge in [0.15, 0.2) is 0 Å². The van der Waals surface area contributed by atoms with Gasteiger partial charge < -0.3 is 43.2 Å². The summed E-state index contributed by atoms with van der Waals surface area (Å²) in [6.45, 7) is 23.8. The molecule has 92 heavy (non-hydrogen) atoms. The van der Waals surface area contributed by atoms with Gasteiger partial charge in [-0.25, -0.2) is 19.2 Å². The maximum absolute atomic E-state index is 13.3. The summed E-state index contributed by atoms with van der Waals surface area (Å²) in [5.74, 6) is -1.70. The summed E-state index contributed by atoms with van der Waals surface area (Å²) in [5, 5.41) is 14.1. The van der Waals surface area contributed by atoms with Crippen molar-refractivity contribution in [3.05, 3.63) is 166 Å². The Morgan fingerprint density at radius 3 is 0.772 bits per heavy atom. The number of hydrogen-bond acceptors (Lipinski definition) is 17. The van der Waals surface area contributed by atoms with Crippen LogP contribution in [0.2, 0.25) is 0 Å². The molecule has 0 aliphatic carbocycles. The minimum Gasteiger partial charge on any atom is -0.461 e. The van der Waals surface area contributed by atoms with Gasteiger partial charge in [-0.05, 0) is 204 Å². The van der Waals surface area contributed by atoms with E-state index < -0.39 is 69.9 Å². The van der Waals surface area contributed by atoms with Crippen molar-refractivity contribution in [2.45, 2.75) is 116 Å². The summed E-state index contributed by atoms with van der Waals surface area (Å²) in [6.07, 6.45) is 2.09. The number of hydrogen-bond donors (Lipinski definition) is 5. The first kappa shape index (κ1) is 72.8. The van der Waals surface area contributed by atoms with E-state index in [1.165, 1.54) is 0 Å². The standard InChI is InChI=1S/C71H87N5O16/c1-46(2)72-55-31-21-50(22-32-55)38-89-65(82)76-59-33-23-51(24-34-59)39-90-64(81)73-56-29-19-49(20-30-56)37-54(44-91-66(83)74-57-25-15-47(16-26-57)35-52(40-85-60(77)68(3,4)5)41-86-61(78)69(6,7)8)45-92-67(84)75-58-27-17-48(18-28-58)36-53(42-87-62(79)70(9,10)11)43-88-63(80)71(12,13)14/h15-37,46,72H,38-45H2,1-14H3,(H,73,81)(H,74,83)(H,75,84)(H,76,82). The molecule has 0 heterocycles. The molecule has 5 rings (SSSR count). The molecule has 0 fully saturated rings. The molecular formula is C71H87N5O16. The molecule has 0 aromatic heterocycles. The third kappa shape index (κ3) is 27.0. The van der Waals surface area contributed by atoms with Crippen molar-refractivity contribution in [2.75, 3.05) is 66.2 Å². The molecular weight excluding hydrogens is 1180 g/mol. The average Bonchev–Trinajstić information content (AvgIpc) is 1.52. The number of carbonyl (C=O) groups is 8. The fraction of sp³-hybridized carbons (Fsp3) is 0.380. The highest BCUT2D eigenvalue weighted by Crippen LogP contribution is 2.24. The van der Waals surface area contributed by atoms with Gasteiger partial charge in [0.2, 0.25) is 0 Å². The van der Waals surface area contributed by atoms with E-state index in [0.29, 0.717) is 61.7 Å². The highest BCUT2D eigenvalue weighted by Gasteiger charge is 2.27. The number of ether oxygens (including phenoxy) is 8. The molecule has 5 aromatic carbocycles. The number of nitrogens with one attached hydrogen (secondary N) is 5. The second-order valence-corrected chi connectivity index (χ2v) is 26.1. The van der Waals surface area contributed by atoms with Crippen LogP contribution >= 0.6 is 0 Å². The lowest BCUT2D eigenvalue weighted by molar-refractivity contribution is -0.154. The van der Waals surface area contributed by atoms with Crippen LogP contribution in [0.5, 0.6) is 0 Å². The number of amides is 4. The second kappa shape index (κ2) is 33.8. The minimum absolute atomic E-state index is 0.0673. The zero-order valence-electron chi connectivity index (χ0n) is 55.0. The van der Waals surface area contributed by atoms with Crippen LogP contribution in [0.1, 0.15) is 125 Å². The van der Waals surface area contributed by atoms with Crippen LogP contribution in [-0.2, 0) is 70.3 Å². The number of benzene rings is 5. The molecule has 0 unspecified atom stereocenters. The first-order valence-corrected chi connectivity index (χ1v) is 29.9. The van der Waals surface area contributed by atoms with E-state index in [9.17, 15) is 38.4 Å². The van der Waals surface area contributed by atoms with Crippen LogP contribution in [0.15, 0.2) is 138 Å². The molecule has 0 aliphatic rings. The molecule has 0 atom stereocenters.